The summed E-state index contributed by atoms with van der Waals surface area (Å²) in [4.78, 5) is 12.5. The van der Waals surface area contributed by atoms with Crippen molar-refractivity contribution in [1.82, 2.24) is 10.2 Å². The molecule has 22 heavy (non-hydrogen) atoms. The first kappa shape index (κ1) is 15.0. The maximum absolute atomic E-state index is 12.4. The number of carbonyl (C=O) groups excluding carboxylic acids is 1. The van der Waals surface area contributed by atoms with Crippen LogP contribution >= 0.6 is 12.1 Å². The molecule has 1 N–H and O–H groups in total. The van der Waals surface area contributed by atoms with Crippen LogP contribution < -0.4 is 5.32 Å². The van der Waals surface area contributed by atoms with Gasteiger partial charge in [-0.3, -0.25) is 10.1 Å². The molecular formula is C15H16FN3O2S. The first-order valence-corrected chi connectivity index (χ1v) is 8.01. The highest BCUT2D eigenvalue weighted by molar-refractivity contribution is 7.94. The summed E-state index contributed by atoms with van der Waals surface area (Å²) in [6, 6.07) is 6.29. The fourth-order valence-electron chi connectivity index (χ4n) is 2.63. The van der Waals surface area contributed by atoms with Gasteiger partial charge in [-0.2, -0.15) is 3.89 Å². The van der Waals surface area contributed by atoms with Crippen molar-refractivity contribution < 1.29 is 13.1 Å². The molecule has 1 aliphatic rings. The third kappa shape index (κ3) is 3.47. The van der Waals surface area contributed by atoms with E-state index in [4.69, 9.17) is 4.42 Å². The highest BCUT2D eigenvalue weighted by atomic mass is 32.2. The molecule has 5 nitrogen and oxygen atoms in total. The molecule has 1 aliphatic carbocycles. The smallest absolute Gasteiger partial charge is 0.322 e. The standard InChI is InChI=1S/C15H16FN3O2S/c16-22-12-8-6-10(7-9-12)13(20)17-15-19-18-14(21-15)11-4-2-1-3-5-11/h6-9,11H,1-5H2,(H,17,19,20). The molecule has 1 aromatic heterocycles. The van der Waals surface area contributed by atoms with Crippen molar-refractivity contribution in [1.29, 1.82) is 0 Å². The molecule has 1 heterocycles. The second kappa shape index (κ2) is 6.91. The van der Waals surface area contributed by atoms with Gasteiger partial charge in [0.25, 0.3) is 5.91 Å². The number of rotatable bonds is 4. The monoisotopic (exact) mass is 321 g/mol. The highest BCUT2D eigenvalue weighted by Gasteiger charge is 2.22. The van der Waals surface area contributed by atoms with Crippen molar-refractivity contribution in [3.8, 4) is 0 Å². The first-order valence-electron chi connectivity index (χ1n) is 7.29. The fourth-order valence-corrected chi connectivity index (χ4v) is 2.87. The summed E-state index contributed by atoms with van der Waals surface area (Å²) in [5, 5.41) is 10.5. The molecule has 0 aliphatic heterocycles. The Bertz CT molecular complexity index is 638. The van der Waals surface area contributed by atoms with Gasteiger partial charge < -0.3 is 4.42 Å². The zero-order valence-electron chi connectivity index (χ0n) is 11.9. The van der Waals surface area contributed by atoms with E-state index in [2.05, 4.69) is 15.5 Å². The Balaban J connectivity index is 1.64. The molecule has 0 radical (unpaired) electrons. The van der Waals surface area contributed by atoms with Crippen LogP contribution in [0.25, 0.3) is 0 Å². The van der Waals surface area contributed by atoms with Crippen molar-refractivity contribution in [3.05, 3.63) is 35.7 Å². The topological polar surface area (TPSA) is 68.0 Å². The molecule has 0 bridgehead atoms. The quantitative estimate of drug-likeness (QED) is 0.907. The van der Waals surface area contributed by atoms with Crippen molar-refractivity contribution in [3.63, 3.8) is 0 Å². The van der Waals surface area contributed by atoms with Gasteiger partial charge in [-0.25, -0.2) is 0 Å². The van der Waals surface area contributed by atoms with Crippen LogP contribution in [0.4, 0.5) is 9.90 Å². The van der Waals surface area contributed by atoms with E-state index in [1.54, 1.807) is 24.3 Å². The Hall–Kier alpha value is -1.89. The lowest BCUT2D eigenvalue weighted by Crippen LogP contribution is -2.11. The molecule has 0 unspecified atom stereocenters. The average Bonchev–Trinajstić information content (AvgIpc) is 3.04. The number of nitrogens with one attached hydrogen (secondary N) is 1. The number of aromatic nitrogens is 2. The zero-order valence-corrected chi connectivity index (χ0v) is 12.7. The van der Waals surface area contributed by atoms with Crippen molar-refractivity contribution in [2.45, 2.75) is 42.9 Å². The van der Waals surface area contributed by atoms with Gasteiger partial charge in [0.1, 0.15) is 0 Å². The van der Waals surface area contributed by atoms with Crippen LogP contribution in [-0.2, 0) is 0 Å². The minimum absolute atomic E-state index is 0.106. The van der Waals surface area contributed by atoms with Gasteiger partial charge in [0.05, 0.1) is 12.1 Å². The summed E-state index contributed by atoms with van der Waals surface area (Å²) in [5.41, 5.74) is 0.412. The Kier molecular flexibility index (Phi) is 4.72. The summed E-state index contributed by atoms with van der Waals surface area (Å²) in [7, 11) is 0. The van der Waals surface area contributed by atoms with Gasteiger partial charge in [0, 0.05) is 16.4 Å². The van der Waals surface area contributed by atoms with Gasteiger partial charge in [-0.05, 0) is 37.1 Å². The highest BCUT2D eigenvalue weighted by Crippen LogP contribution is 2.32. The van der Waals surface area contributed by atoms with Gasteiger partial charge in [0.2, 0.25) is 5.89 Å². The van der Waals surface area contributed by atoms with Crippen molar-refractivity contribution in [2.75, 3.05) is 5.32 Å². The molecule has 1 saturated carbocycles. The summed E-state index contributed by atoms with van der Waals surface area (Å²) < 4.78 is 17.9. The number of halogens is 1. The largest absolute Gasteiger partial charge is 0.408 e. The molecule has 0 spiro atoms. The molecule has 1 aromatic carbocycles. The number of hydrogen-bond acceptors (Lipinski definition) is 5. The van der Waals surface area contributed by atoms with E-state index >= 15 is 0 Å². The molecule has 116 valence electrons. The van der Waals surface area contributed by atoms with Crippen LogP contribution in [0.2, 0.25) is 0 Å². The first-order chi connectivity index (χ1) is 10.8. The van der Waals surface area contributed by atoms with E-state index in [1.807, 2.05) is 0 Å². The molecule has 1 fully saturated rings. The van der Waals surface area contributed by atoms with Crippen LogP contribution in [0.1, 0.15) is 54.3 Å². The Morgan fingerprint density at radius 1 is 1.18 bits per heavy atom. The number of benzene rings is 1. The Morgan fingerprint density at radius 2 is 1.91 bits per heavy atom. The lowest BCUT2D eigenvalue weighted by Gasteiger charge is -2.17. The second-order valence-corrected chi connectivity index (χ2v) is 5.96. The minimum Gasteiger partial charge on any atom is -0.408 e. The van der Waals surface area contributed by atoms with Crippen LogP contribution in [0.5, 0.6) is 0 Å². The van der Waals surface area contributed by atoms with Gasteiger partial charge in [0.15, 0.2) is 0 Å². The van der Waals surface area contributed by atoms with Gasteiger partial charge >= 0.3 is 6.01 Å². The number of nitrogens with zero attached hydrogens (tertiary/aromatic N) is 2. The Morgan fingerprint density at radius 3 is 2.59 bits per heavy atom. The Labute approximate surface area is 132 Å². The van der Waals surface area contributed by atoms with Gasteiger partial charge in [-0.1, -0.05) is 24.4 Å². The summed E-state index contributed by atoms with van der Waals surface area (Å²) in [5.74, 6) is 0.543. The summed E-state index contributed by atoms with van der Waals surface area (Å²) >= 11 is 0.140. The number of amides is 1. The molecule has 7 heteroatoms. The van der Waals surface area contributed by atoms with Crippen LogP contribution in [0.15, 0.2) is 33.6 Å². The molecule has 1 amide bonds. The molecular weight excluding hydrogens is 305 g/mol. The molecule has 0 saturated heterocycles. The second-order valence-electron chi connectivity index (χ2n) is 5.34. The fraction of sp³-hybridized carbons (Fsp3) is 0.400. The molecule has 2 aromatic rings. The van der Waals surface area contributed by atoms with Crippen LogP contribution in [0.3, 0.4) is 0 Å². The maximum Gasteiger partial charge on any atom is 0.322 e. The lowest BCUT2D eigenvalue weighted by atomic mass is 9.89. The lowest BCUT2D eigenvalue weighted by molar-refractivity contribution is 0.102. The van der Waals surface area contributed by atoms with E-state index in [9.17, 15) is 8.68 Å². The zero-order chi connectivity index (χ0) is 15.4. The van der Waals surface area contributed by atoms with E-state index in [0.29, 0.717) is 22.3 Å². The van der Waals surface area contributed by atoms with Crippen molar-refractivity contribution in [2.24, 2.45) is 0 Å². The molecule has 3 rings (SSSR count). The third-order valence-electron chi connectivity index (χ3n) is 3.82. The summed E-state index contributed by atoms with van der Waals surface area (Å²) in [6.07, 6.45) is 5.71. The summed E-state index contributed by atoms with van der Waals surface area (Å²) in [6.45, 7) is 0. The van der Waals surface area contributed by atoms with Crippen molar-refractivity contribution >= 4 is 24.1 Å². The van der Waals surface area contributed by atoms with Crippen LogP contribution in [0, 0.1) is 0 Å². The maximum atomic E-state index is 12.4. The number of anilines is 1. The van der Waals surface area contributed by atoms with Gasteiger partial charge in [-0.15, -0.1) is 5.10 Å². The third-order valence-corrected chi connectivity index (χ3v) is 4.27. The van der Waals surface area contributed by atoms with E-state index in [1.165, 1.54) is 19.3 Å². The van der Waals surface area contributed by atoms with Crippen LogP contribution in [-0.4, -0.2) is 16.1 Å². The minimum atomic E-state index is -0.353. The number of hydrogen-bond donors (Lipinski definition) is 1. The molecule has 0 atom stereocenters. The average molecular weight is 321 g/mol. The number of carbonyl (C=O) groups is 1. The normalized spacial score (nSPS) is 15.7. The SMILES string of the molecule is O=C(Nc1nnc(C2CCCCC2)o1)c1ccc(SF)cc1. The predicted molar refractivity (Wildman–Crippen MR) is 81.5 cm³/mol. The van der Waals surface area contributed by atoms with E-state index in [0.717, 1.165) is 12.8 Å². The van der Waals surface area contributed by atoms with E-state index < -0.39 is 0 Å². The van der Waals surface area contributed by atoms with E-state index in [-0.39, 0.29) is 24.1 Å². The predicted octanol–water partition coefficient (Wildman–Crippen LogP) is 4.35.